The van der Waals surface area contributed by atoms with E-state index in [4.69, 9.17) is 0 Å². The van der Waals surface area contributed by atoms with E-state index in [1.807, 2.05) is 0 Å². The van der Waals surface area contributed by atoms with Crippen LogP contribution in [0.15, 0.2) is 35.4 Å². The minimum absolute atomic E-state index is 0.150. The predicted octanol–water partition coefficient (Wildman–Crippen LogP) is 2.10. The fourth-order valence-electron chi connectivity index (χ4n) is 1.65. The van der Waals surface area contributed by atoms with Crippen molar-refractivity contribution in [3.05, 3.63) is 40.9 Å². The van der Waals surface area contributed by atoms with Crippen LogP contribution in [0.3, 0.4) is 0 Å². The van der Waals surface area contributed by atoms with Crippen LogP contribution in [-0.2, 0) is 21.1 Å². The van der Waals surface area contributed by atoms with E-state index in [9.17, 15) is 13.2 Å². The largest absolute Gasteiger partial charge is 0.302 e. The van der Waals surface area contributed by atoms with Crippen molar-refractivity contribution in [2.75, 3.05) is 11.6 Å². The van der Waals surface area contributed by atoms with Crippen LogP contribution < -0.4 is 5.32 Å². The molecule has 5 nitrogen and oxygen atoms in total. The molecule has 1 heterocycles. The molecule has 0 atom stereocenters. The van der Waals surface area contributed by atoms with Gasteiger partial charge in [0.05, 0.1) is 4.90 Å². The fourth-order valence-corrected chi connectivity index (χ4v) is 3.18. The number of sulfone groups is 1. The summed E-state index contributed by atoms with van der Waals surface area (Å²) in [6.07, 6.45) is 3.55. The number of rotatable bonds is 4. The first-order chi connectivity index (χ1) is 9.34. The monoisotopic (exact) mass is 310 g/mol. The van der Waals surface area contributed by atoms with Crippen LogP contribution in [0, 0.1) is 0 Å². The van der Waals surface area contributed by atoms with Crippen molar-refractivity contribution in [3.63, 3.8) is 0 Å². The standard InChI is InChI=1S/C13H14N2O3S2/c1-9(16)15-13-14-8-11(19-13)7-10-3-5-12(6-4-10)20(2,17)18/h3-6,8H,7H2,1-2H3,(H,14,15,16). The molecule has 1 aromatic heterocycles. The normalized spacial score (nSPS) is 11.3. The molecule has 0 spiro atoms. The molecule has 0 saturated carbocycles. The number of carbonyl (C=O) groups is 1. The van der Waals surface area contributed by atoms with Crippen molar-refractivity contribution in [2.45, 2.75) is 18.2 Å². The summed E-state index contributed by atoms with van der Waals surface area (Å²) in [6, 6.07) is 6.77. The number of aromatic nitrogens is 1. The second kappa shape index (κ2) is 5.72. The molecular weight excluding hydrogens is 296 g/mol. The van der Waals surface area contributed by atoms with E-state index in [-0.39, 0.29) is 5.91 Å². The molecule has 0 aliphatic rings. The number of amides is 1. The van der Waals surface area contributed by atoms with Crippen molar-refractivity contribution in [1.29, 1.82) is 0 Å². The van der Waals surface area contributed by atoms with Crippen molar-refractivity contribution in [1.82, 2.24) is 4.98 Å². The summed E-state index contributed by atoms with van der Waals surface area (Å²) in [5.41, 5.74) is 0.996. The van der Waals surface area contributed by atoms with E-state index < -0.39 is 9.84 Å². The van der Waals surface area contributed by atoms with Crippen LogP contribution in [0.2, 0.25) is 0 Å². The number of anilines is 1. The highest BCUT2D eigenvalue weighted by atomic mass is 32.2. The van der Waals surface area contributed by atoms with Crippen LogP contribution >= 0.6 is 11.3 Å². The minimum Gasteiger partial charge on any atom is -0.302 e. The highest BCUT2D eigenvalue weighted by Crippen LogP contribution is 2.21. The van der Waals surface area contributed by atoms with Gasteiger partial charge in [-0.2, -0.15) is 0 Å². The third-order valence-corrected chi connectivity index (χ3v) is 4.61. The summed E-state index contributed by atoms with van der Waals surface area (Å²) < 4.78 is 22.7. The first-order valence-electron chi connectivity index (χ1n) is 5.86. The maximum absolute atomic E-state index is 11.4. The molecule has 7 heteroatoms. The van der Waals surface area contributed by atoms with Gasteiger partial charge in [0, 0.05) is 30.7 Å². The maximum atomic E-state index is 11.4. The zero-order valence-corrected chi connectivity index (χ0v) is 12.7. The van der Waals surface area contributed by atoms with Gasteiger partial charge in [0.15, 0.2) is 15.0 Å². The molecule has 0 saturated heterocycles. The van der Waals surface area contributed by atoms with Gasteiger partial charge < -0.3 is 5.32 Å². The minimum atomic E-state index is -3.16. The molecule has 1 aromatic carbocycles. The molecule has 0 fully saturated rings. The summed E-state index contributed by atoms with van der Waals surface area (Å²) in [5, 5.41) is 3.20. The quantitative estimate of drug-likeness (QED) is 0.938. The van der Waals surface area contributed by atoms with Crippen molar-refractivity contribution in [3.8, 4) is 0 Å². The molecule has 0 bridgehead atoms. The summed E-state index contributed by atoms with van der Waals surface area (Å²) in [5.74, 6) is -0.150. The number of carbonyl (C=O) groups excluding carboxylic acids is 1. The number of hydrogen-bond acceptors (Lipinski definition) is 5. The van der Waals surface area contributed by atoms with Gasteiger partial charge in [0.1, 0.15) is 0 Å². The number of hydrogen-bond donors (Lipinski definition) is 1. The van der Waals surface area contributed by atoms with E-state index in [2.05, 4.69) is 10.3 Å². The SMILES string of the molecule is CC(=O)Nc1ncc(Cc2ccc(S(C)(=O)=O)cc2)s1. The first-order valence-corrected chi connectivity index (χ1v) is 8.56. The van der Waals surface area contributed by atoms with Gasteiger partial charge in [0.2, 0.25) is 5.91 Å². The van der Waals surface area contributed by atoms with E-state index in [0.717, 1.165) is 10.4 Å². The smallest absolute Gasteiger partial charge is 0.223 e. The van der Waals surface area contributed by atoms with E-state index >= 15 is 0 Å². The Kier molecular flexibility index (Phi) is 4.20. The molecule has 1 N–H and O–H groups in total. The number of nitrogens with one attached hydrogen (secondary N) is 1. The maximum Gasteiger partial charge on any atom is 0.223 e. The van der Waals surface area contributed by atoms with Crippen molar-refractivity contribution < 1.29 is 13.2 Å². The third-order valence-electron chi connectivity index (χ3n) is 2.57. The van der Waals surface area contributed by atoms with Gasteiger partial charge in [0.25, 0.3) is 0 Å². The van der Waals surface area contributed by atoms with Crippen LogP contribution in [0.4, 0.5) is 5.13 Å². The lowest BCUT2D eigenvalue weighted by Gasteiger charge is -2.01. The molecule has 0 radical (unpaired) electrons. The van der Waals surface area contributed by atoms with Gasteiger partial charge >= 0.3 is 0 Å². The zero-order chi connectivity index (χ0) is 14.8. The molecule has 1 amide bonds. The second-order valence-corrected chi connectivity index (χ2v) is 7.54. The molecule has 0 aliphatic heterocycles. The van der Waals surface area contributed by atoms with Gasteiger partial charge in [-0.3, -0.25) is 4.79 Å². The Morgan fingerprint density at radius 3 is 2.50 bits per heavy atom. The van der Waals surface area contributed by atoms with Crippen LogP contribution in [0.25, 0.3) is 0 Å². The fraction of sp³-hybridized carbons (Fsp3) is 0.231. The molecule has 20 heavy (non-hydrogen) atoms. The van der Waals surface area contributed by atoms with E-state index in [1.165, 1.54) is 24.5 Å². The second-order valence-electron chi connectivity index (χ2n) is 4.41. The lowest BCUT2D eigenvalue weighted by Crippen LogP contribution is -2.04. The molecule has 2 rings (SSSR count). The Morgan fingerprint density at radius 2 is 1.95 bits per heavy atom. The van der Waals surface area contributed by atoms with Gasteiger partial charge in [-0.15, -0.1) is 11.3 Å². The van der Waals surface area contributed by atoms with Crippen LogP contribution in [0.5, 0.6) is 0 Å². The Morgan fingerprint density at radius 1 is 1.30 bits per heavy atom. The first kappa shape index (κ1) is 14.7. The van der Waals surface area contributed by atoms with Gasteiger partial charge in [-0.25, -0.2) is 13.4 Å². The summed E-state index contributed by atoms with van der Waals surface area (Å²) in [6.45, 7) is 1.44. The Balaban J connectivity index is 2.10. The van der Waals surface area contributed by atoms with E-state index in [0.29, 0.717) is 16.4 Å². The lowest BCUT2D eigenvalue weighted by molar-refractivity contribution is -0.114. The molecular formula is C13H14N2O3S2. The van der Waals surface area contributed by atoms with Gasteiger partial charge in [-0.1, -0.05) is 12.1 Å². The number of nitrogens with zero attached hydrogens (tertiary/aromatic N) is 1. The number of benzene rings is 1. The van der Waals surface area contributed by atoms with E-state index in [1.54, 1.807) is 30.5 Å². The van der Waals surface area contributed by atoms with Crippen LogP contribution in [0.1, 0.15) is 17.4 Å². The van der Waals surface area contributed by atoms with Crippen LogP contribution in [-0.4, -0.2) is 25.6 Å². The third kappa shape index (κ3) is 3.88. The Labute approximate surface area is 121 Å². The average Bonchev–Trinajstić information content (AvgIpc) is 2.75. The predicted molar refractivity (Wildman–Crippen MR) is 78.8 cm³/mol. The summed E-state index contributed by atoms with van der Waals surface area (Å²) >= 11 is 1.40. The van der Waals surface area contributed by atoms with Crippen molar-refractivity contribution >= 4 is 32.2 Å². The Bertz CT molecular complexity index is 718. The lowest BCUT2D eigenvalue weighted by atomic mass is 10.1. The molecule has 0 unspecified atom stereocenters. The highest BCUT2D eigenvalue weighted by Gasteiger charge is 2.08. The van der Waals surface area contributed by atoms with Crippen molar-refractivity contribution in [2.24, 2.45) is 0 Å². The molecule has 106 valence electrons. The van der Waals surface area contributed by atoms with Gasteiger partial charge in [-0.05, 0) is 17.7 Å². The topological polar surface area (TPSA) is 76.1 Å². The highest BCUT2D eigenvalue weighted by molar-refractivity contribution is 7.90. The summed E-state index contributed by atoms with van der Waals surface area (Å²) in [7, 11) is -3.16. The summed E-state index contributed by atoms with van der Waals surface area (Å²) in [4.78, 5) is 16.3. The zero-order valence-electron chi connectivity index (χ0n) is 11.1. The molecule has 0 aliphatic carbocycles. The Hall–Kier alpha value is -1.73. The number of thiazole rings is 1. The molecule has 2 aromatic rings. The average molecular weight is 310 g/mol.